The fourth-order valence-electron chi connectivity index (χ4n) is 2.61. The van der Waals surface area contributed by atoms with Gasteiger partial charge in [0.05, 0.1) is 11.7 Å². The van der Waals surface area contributed by atoms with E-state index in [4.69, 9.17) is 16.3 Å². The highest BCUT2D eigenvalue weighted by atomic mass is 35.5. The number of hydrogen-bond donors (Lipinski definition) is 0. The van der Waals surface area contributed by atoms with Crippen LogP contribution < -0.4 is 4.90 Å². The summed E-state index contributed by atoms with van der Waals surface area (Å²) in [6, 6.07) is 4.80. The molecule has 0 N–H and O–H groups in total. The maximum absolute atomic E-state index is 13.2. The number of anilines is 1. The van der Waals surface area contributed by atoms with Crippen molar-refractivity contribution in [1.82, 2.24) is 0 Å². The van der Waals surface area contributed by atoms with E-state index in [2.05, 4.69) is 25.7 Å². The van der Waals surface area contributed by atoms with Gasteiger partial charge in [-0.2, -0.15) is 0 Å². The van der Waals surface area contributed by atoms with E-state index in [0.717, 1.165) is 24.3 Å². The molecule has 2 rings (SSSR count). The Morgan fingerprint density at radius 1 is 1.50 bits per heavy atom. The Balaban J connectivity index is 2.30. The van der Waals surface area contributed by atoms with Crippen LogP contribution in [-0.4, -0.2) is 24.8 Å². The summed E-state index contributed by atoms with van der Waals surface area (Å²) >= 11 is 5.91. The van der Waals surface area contributed by atoms with Crippen LogP contribution in [0.2, 0.25) is 0 Å². The summed E-state index contributed by atoms with van der Waals surface area (Å²) in [5.41, 5.74) is 1.64. The van der Waals surface area contributed by atoms with Crippen LogP contribution in [0.15, 0.2) is 18.2 Å². The maximum Gasteiger partial charge on any atom is 0.123 e. The maximum atomic E-state index is 13.2. The van der Waals surface area contributed by atoms with Crippen LogP contribution in [0.4, 0.5) is 10.1 Å². The van der Waals surface area contributed by atoms with E-state index >= 15 is 0 Å². The second-order valence-corrected chi connectivity index (χ2v) is 5.74. The van der Waals surface area contributed by atoms with E-state index in [1.807, 2.05) is 0 Å². The Labute approximate surface area is 113 Å². The molecule has 100 valence electrons. The molecule has 0 aromatic heterocycles. The van der Waals surface area contributed by atoms with Crippen molar-refractivity contribution in [2.24, 2.45) is 0 Å². The zero-order valence-corrected chi connectivity index (χ0v) is 11.8. The van der Waals surface area contributed by atoms with Crippen LogP contribution in [0.3, 0.4) is 0 Å². The fourth-order valence-corrected chi connectivity index (χ4v) is 2.82. The molecule has 1 aliphatic heterocycles. The van der Waals surface area contributed by atoms with Gasteiger partial charge in [-0.15, -0.1) is 11.6 Å². The lowest BCUT2D eigenvalue weighted by atomic mass is 10.0. The van der Waals surface area contributed by atoms with Crippen molar-refractivity contribution < 1.29 is 9.13 Å². The number of nitrogens with zero attached hydrogens (tertiary/aromatic N) is 1. The van der Waals surface area contributed by atoms with Crippen LogP contribution in [0.5, 0.6) is 0 Å². The summed E-state index contributed by atoms with van der Waals surface area (Å²) < 4.78 is 19.1. The molecule has 0 amide bonds. The second kappa shape index (κ2) is 5.06. The summed E-state index contributed by atoms with van der Waals surface area (Å²) in [7, 11) is 0. The minimum Gasteiger partial charge on any atom is -0.369 e. The minimum atomic E-state index is -0.241. The lowest BCUT2D eigenvalue weighted by Gasteiger charge is -2.43. The summed E-state index contributed by atoms with van der Waals surface area (Å²) in [5.74, 6) is 0.0779. The first-order valence-corrected chi connectivity index (χ1v) is 6.72. The van der Waals surface area contributed by atoms with Gasteiger partial charge in [0, 0.05) is 24.7 Å². The van der Waals surface area contributed by atoms with Gasteiger partial charge >= 0.3 is 0 Å². The largest absolute Gasteiger partial charge is 0.369 e. The molecule has 0 radical (unpaired) electrons. The molecule has 4 heteroatoms. The highest BCUT2D eigenvalue weighted by Crippen LogP contribution is 2.29. The molecular formula is C14H19ClFNO. The Kier molecular flexibility index (Phi) is 3.83. The van der Waals surface area contributed by atoms with Crippen LogP contribution >= 0.6 is 11.6 Å². The van der Waals surface area contributed by atoms with Gasteiger partial charge in [0.1, 0.15) is 5.82 Å². The predicted octanol–water partition coefficient (Wildman–Crippen LogP) is 3.57. The summed E-state index contributed by atoms with van der Waals surface area (Å²) in [5, 5.41) is 0. The third-order valence-corrected chi connectivity index (χ3v) is 3.38. The number of halogens is 2. The Bertz CT molecular complexity index is 436. The molecule has 1 aliphatic rings. The van der Waals surface area contributed by atoms with Crippen molar-refractivity contribution in [2.45, 2.75) is 38.4 Å². The standard InChI is InChI=1S/C14H19ClFNO/c1-10-8-17(9-14(2,3)18-10)13-5-4-12(16)6-11(13)7-15/h4-6,10H,7-9H2,1-3H3. The van der Waals surface area contributed by atoms with Gasteiger partial charge in [-0.05, 0) is 44.5 Å². The van der Waals surface area contributed by atoms with Crippen molar-refractivity contribution in [3.05, 3.63) is 29.6 Å². The van der Waals surface area contributed by atoms with Crippen molar-refractivity contribution in [1.29, 1.82) is 0 Å². The van der Waals surface area contributed by atoms with E-state index in [0.29, 0.717) is 5.88 Å². The van der Waals surface area contributed by atoms with Gasteiger partial charge in [-0.3, -0.25) is 0 Å². The summed E-state index contributed by atoms with van der Waals surface area (Å²) in [4.78, 5) is 2.23. The number of morpholine rings is 1. The summed E-state index contributed by atoms with van der Waals surface area (Å²) in [6.07, 6.45) is 0.155. The van der Waals surface area contributed by atoms with Gasteiger partial charge in [0.2, 0.25) is 0 Å². The third-order valence-electron chi connectivity index (χ3n) is 3.10. The zero-order chi connectivity index (χ0) is 13.3. The topological polar surface area (TPSA) is 12.5 Å². The highest BCUT2D eigenvalue weighted by Gasteiger charge is 2.32. The van der Waals surface area contributed by atoms with Gasteiger partial charge in [0.25, 0.3) is 0 Å². The number of alkyl halides is 1. The molecule has 2 nitrogen and oxygen atoms in total. The monoisotopic (exact) mass is 271 g/mol. The molecule has 0 saturated carbocycles. The first-order valence-electron chi connectivity index (χ1n) is 6.18. The average Bonchev–Trinajstić information content (AvgIpc) is 2.25. The molecule has 18 heavy (non-hydrogen) atoms. The van der Waals surface area contributed by atoms with Crippen molar-refractivity contribution >= 4 is 17.3 Å². The Hall–Kier alpha value is -0.800. The van der Waals surface area contributed by atoms with E-state index in [-0.39, 0.29) is 17.5 Å². The number of rotatable bonds is 2. The molecule has 0 bridgehead atoms. The fraction of sp³-hybridized carbons (Fsp3) is 0.571. The molecule has 1 atom stereocenters. The second-order valence-electron chi connectivity index (χ2n) is 5.48. The van der Waals surface area contributed by atoms with Gasteiger partial charge < -0.3 is 9.64 Å². The molecular weight excluding hydrogens is 253 g/mol. The normalized spacial score (nSPS) is 23.2. The first-order chi connectivity index (χ1) is 8.41. The molecule has 1 aromatic carbocycles. The lowest BCUT2D eigenvalue weighted by molar-refractivity contribution is -0.0750. The molecule has 0 spiro atoms. The molecule has 1 aromatic rings. The van der Waals surface area contributed by atoms with Crippen molar-refractivity contribution in [2.75, 3.05) is 18.0 Å². The predicted molar refractivity (Wildman–Crippen MR) is 72.8 cm³/mol. The Morgan fingerprint density at radius 2 is 2.22 bits per heavy atom. The minimum absolute atomic E-state index is 0.155. The lowest BCUT2D eigenvalue weighted by Crippen LogP contribution is -2.52. The smallest absolute Gasteiger partial charge is 0.123 e. The number of ether oxygens (including phenoxy) is 1. The SMILES string of the molecule is CC1CN(c2ccc(F)cc2CCl)CC(C)(C)O1. The molecule has 0 aliphatic carbocycles. The summed E-state index contributed by atoms with van der Waals surface area (Å²) in [6.45, 7) is 7.78. The highest BCUT2D eigenvalue weighted by molar-refractivity contribution is 6.17. The first kappa shape index (κ1) is 13.6. The number of benzene rings is 1. The third kappa shape index (κ3) is 2.96. The van der Waals surface area contributed by atoms with Crippen LogP contribution in [0.1, 0.15) is 26.3 Å². The van der Waals surface area contributed by atoms with Crippen molar-refractivity contribution in [3.8, 4) is 0 Å². The van der Waals surface area contributed by atoms with Gasteiger partial charge in [-0.1, -0.05) is 0 Å². The average molecular weight is 272 g/mol. The van der Waals surface area contributed by atoms with E-state index in [9.17, 15) is 4.39 Å². The van der Waals surface area contributed by atoms with E-state index in [1.54, 1.807) is 6.07 Å². The van der Waals surface area contributed by atoms with E-state index in [1.165, 1.54) is 12.1 Å². The van der Waals surface area contributed by atoms with Gasteiger partial charge in [0.15, 0.2) is 0 Å². The van der Waals surface area contributed by atoms with E-state index < -0.39 is 0 Å². The molecule has 1 heterocycles. The van der Waals surface area contributed by atoms with Crippen molar-refractivity contribution in [3.63, 3.8) is 0 Å². The zero-order valence-electron chi connectivity index (χ0n) is 11.0. The number of hydrogen-bond acceptors (Lipinski definition) is 2. The van der Waals surface area contributed by atoms with Crippen LogP contribution in [0.25, 0.3) is 0 Å². The molecule has 1 unspecified atom stereocenters. The van der Waals surface area contributed by atoms with Gasteiger partial charge in [-0.25, -0.2) is 4.39 Å². The quantitative estimate of drug-likeness (QED) is 0.763. The molecule has 1 saturated heterocycles. The Morgan fingerprint density at radius 3 is 2.83 bits per heavy atom. The molecule has 1 fully saturated rings. The van der Waals surface area contributed by atoms with Crippen LogP contribution in [-0.2, 0) is 10.6 Å². The van der Waals surface area contributed by atoms with Crippen LogP contribution in [0, 0.1) is 5.82 Å².